The number of nitrogens with zero attached hydrogens (tertiary/aromatic N) is 2. The molecule has 0 amide bonds. The molecule has 112 valence electrons. The highest BCUT2D eigenvalue weighted by Gasteiger charge is 2.19. The van der Waals surface area contributed by atoms with Crippen molar-refractivity contribution in [1.29, 1.82) is 0 Å². The number of anilines is 2. The molecule has 0 spiro atoms. The Hall–Kier alpha value is -1.29. The van der Waals surface area contributed by atoms with E-state index in [1.165, 1.54) is 44.2 Å². The first-order valence-corrected chi connectivity index (χ1v) is 8.52. The fourth-order valence-electron chi connectivity index (χ4n) is 3.33. The smallest absolute Gasteiger partial charge is 0.0956 e. The minimum atomic E-state index is 0.616. The van der Waals surface area contributed by atoms with Gasteiger partial charge in [-0.15, -0.1) is 0 Å². The Morgan fingerprint density at radius 3 is 2.62 bits per heavy atom. The Balaban J connectivity index is 2.01. The monoisotopic (exact) mass is 347 g/mol. The van der Waals surface area contributed by atoms with Crippen LogP contribution in [0.2, 0.25) is 0 Å². The summed E-state index contributed by atoms with van der Waals surface area (Å²) < 4.78 is 0.968. The van der Waals surface area contributed by atoms with Crippen molar-refractivity contribution in [3.05, 3.63) is 28.9 Å². The van der Waals surface area contributed by atoms with Crippen LogP contribution in [0.5, 0.6) is 0 Å². The average molecular weight is 348 g/mol. The number of nitrogens with two attached hydrogens (primary N) is 1. The van der Waals surface area contributed by atoms with Crippen LogP contribution in [-0.2, 0) is 0 Å². The number of hydrogen-bond acceptors (Lipinski definition) is 3. The van der Waals surface area contributed by atoms with Crippen LogP contribution in [0.25, 0.3) is 10.9 Å². The lowest BCUT2D eigenvalue weighted by Crippen LogP contribution is -2.31. The molecule has 4 heteroatoms. The zero-order valence-corrected chi connectivity index (χ0v) is 14.1. The van der Waals surface area contributed by atoms with Crippen LogP contribution in [0.15, 0.2) is 28.9 Å². The third-order valence-corrected chi connectivity index (χ3v) is 5.01. The Labute approximate surface area is 134 Å². The summed E-state index contributed by atoms with van der Waals surface area (Å²) in [6.45, 7) is 0. The predicted octanol–water partition coefficient (Wildman–Crippen LogP) is 4.74. The molecule has 1 saturated carbocycles. The maximum atomic E-state index is 6.12. The summed E-state index contributed by atoms with van der Waals surface area (Å²) in [7, 11) is 2.20. The second-order valence-corrected chi connectivity index (χ2v) is 6.90. The van der Waals surface area contributed by atoms with Crippen LogP contribution in [-0.4, -0.2) is 18.1 Å². The van der Waals surface area contributed by atoms with Gasteiger partial charge < -0.3 is 10.6 Å². The van der Waals surface area contributed by atoms with E-state index < -0.39 is 0 Å². The summed E-state index contributed by atoms with van der Waals surface area (Å²) in [6, 6.07) is 6.79. The van der Waals surface area contributed by atoms with Crippen molar-refractivity contribution in [3.63, 3.8) is 0 Å². The molecule has 0 atom stereocenters. The Kier molecular flexibility index (Phi) is 4.34. The van der Waals surface area contributed by atoms with Crippen LogP contribution < -0.4 is 10.6 Å². The van der Waals surface area contributed by atoms with Gasteiger partial charge >= 0.3 is 0 Å². The van der Waals surface area contributed by atoms with Gasteiger partial charge in [-0.1, -0.05) is 25.7 Å². The lowest BCUT2D eigenvalue weighted by Gasteiger charge is -2.30. The number of rotatable bonds is 2. The molecule has 1 aliphatic carbocycles. The molecule has 1 heterocycles. The molecular formula is C17H22BrN3. The van der Waals surface area contributed by atoms with Gasteiger partial charge in [0.05, 0.1) is 11.2 Å². The molecule has 3 nitrogen and oxygen atoms in total. The van der Waals surface area contributed by atoms with Gasteiger partial charge in [0.15, 0.2) is 0 Å². The molecule has 0 unspecified atom stereocenters. The predicted molar refractivity (Wildman–Crippen MR) is 93.7 cm³/mol. The molecule has 2 N–H and O–H groups in total. The van der Waals surface area contributed by atoms with E-state index in [1.807, 2.05) is 12.3 Å². The zero-order valence-electron chi connectivity index (χ0n) is 12.5. The zero-order chi connectivity index (χ0) is 14.8. The second-order valence-electron chi connectivity index (χ2n) is 5.98. The molecule has 0 radical (unpaired) electrons. The first-order chi connectivity index (χ1) is 10.2. The van der Waals surface area contributed by atoms with E-state index in [-0.39, 0.29) is 0 Å². The number of fused-ring (bicyclic) bond motifs is 1. The third-order valence-electron chi connectivity index (χ3n) is 4.58. The maximum Gasteiger partial charge on any atom is 0.0956 e. The lowest BCUT2D eigenvalue weighted by molar-refractivity contribution is 0.554. The van der Waals surface area contributed by atoms with Crippen LogP contribution in [0.1, 0.15) is 38.5 Å². The average Bonchev–Trinajstić information content (AvgIpc) is 2.76. The molecule has 0 bridgehead atoms. The largest absolute Gasteiger partial charge is 0.398 e. The minimum absolute atomic E-state index is 0.616. The van der Waals surface area contributed by atoms with E-state index in [1.54, 1.807) is 0 Å². The summed E-state index contributed by atoms with van der Waals surface area (Å²) in [5, 5.41) is 1.03. The molecule has 1 aromatic carbocycles. The van der Waals surface area contributed by atoms with Crippen LogP contribution in [0.3, 0.4) is 0 Å². The highest BCUT2D eigenvalue weighted by Crippen LogP contribution is 2.33. The van der Waals surface area contributed by atoms with Crippen LogP contribution in [0.4, 0.5) is 11.4 Å². The molecule has 0 aliphatic heterocycles. The topological polar surface area (TPSA) is 42.1 Å². The van der Waals surface area contributed by atoms with Gasteiger partial charge in [0.2, 0.25) is 0 Å². The standard InChI is InChI=1S/C17H22BrN3/c1-21(13-6-4-2-3-5-7-13)16-9-8-15(19)14-10-12(18)11-20-17(14)16/h8-11,13H,2-7,19H2,1H3. The van der Waals surface area contributed by atoms with Gasteiger partial charge in [-0.3, -0.25) is 4.98 Å². The first-order valence-electron chi connectivity index (χ1n) is 7.73. The van der Waals surface area contributed by atoms with Gasteiger partial charge in [-0.25, -0.2) is 0 Å². The minimum Gasteiger partial charge on any atom is -0.398 e. The van der Waals surface area contributed by atoms with Crippen molar-refractivity contribution in [1.82, 2.24) is 4.98 Å². The van der Waals surface area contributed by atoms with Crippen molar-refractivity contribution >= 4 is 38.2 Å². The molecule has 2 aromatic rings. The van der Waals surface area contributed by atoms with Crippen LogP contribution in [0, 0.1) is 0 Å². The second kappa shape index (κ2) is 6.22. The van der Waals surface area contributed by atoms with E-state index in [2.05, 4.69) is 45.0 Å². The molecular weight excluding hydrogens is 326 g/mol. The Bertz CT molecular complexity index is 633. The molecule has 1 aliphatic rings. The van der Waals surface area contributed by atoms with E-state index >= 15 is 0 Å². The number of aromatic nitrogens is 1. The Morgan fingerprint density at radius 2 is 1.90 bits per heavy atom. The summed E-state index contributed by atoms with van der Waals surface area (Å²) in [5.41, 5.74) is 9.10. The highest BCUT2D eigenvalue weighted by molar-refractivity contribution is 9.10. The molecule has 0 saturated heterocycles. The quantitative estimate of drug-likeness (QED) is 0.630. The van der Waals surface area contributed by atoms with Crippen molar-refractivity contribution in [2.45, 2.75) is 44.6 Å². The number of halogens is 1. The lowest BCUT2D eigenvalue weighted by atomic mass is 10.1. The summed E-state index contributed by atoms with van der Waals surface area (Å²) in [5.74, 6) is 0. The molecule has 3 rings (SSSR count). The molecule has 1 fully saturated rings. The van der Waals surface area contributed by atoms with E-state index in [0.717, 1.165) is 21.1 Å². The fourth-order valence-corrected chi connectivity index (χ4v) is 3.66. The molecule has 21 heavy (non-hydrogen) atoms. The summed E-state index contributed by atoms with van der Waals surface area (Å²) in [4.78, 5) is 7.02. The van der Waals surface area contributed by atoms with E-state index in [9.17, 15) is 0 Å². The van der Waals surface area contributed by atoms with Crippen LogP contribution >= 0.6 is 15.9 Å². The van der Waals surface area contributed by atoms with Crippen molar-refractivity contribution in [3.8, 4) is 0 Å². The van der Waals surface area contributed by atoms with Gasteiger partial charge in [0, 0.05) is 34.8 Å². The SMILES string of the molecule is CN(c1ccc(N)c2cc(Br)cnc12)C1CCCCCC1. The summed E-state index contributed by atoms with van der Waals surface area (Å²) in [6.07, 6.45) is 9.82. The van der Waals surface area contributed by atoms with Gasteiger partial charge in [-0.2, -0.15) is 0 Å². The fraction of sp³-hybridized carbons (Fsp3) is 0.471. The van der Waals surface area contributed by atoms with Gasteiger partial charge in [0.1, 0.15) is 0 Å². The number of nitrogen functional groups attached to an aromatic ring is 1. The normalized spacial score (nSPS) is 16.9. The van der Waals surface area contributed by atoms with E-state index in [4.69, 9.17) is 5.73 Å². The maximum absolute atomic E-state index is 6.12. The van der Waals surface area contributed by atoms with Crippen molar-refractivity contribution in [2.75, 3.05) is 17.7 Å². The number of benzene rings is 1. The van der Waals surface area contributed by atoms with Crippen molar-refractivity contribution < 1.29 is 0 Å². The third kappa shape index (κ3) is 3.00. The van der Waals surface area contributed by atoms with E-state index in [0.29, 0.717) is 6.04 Å². The van der Waals surface area contributed by atoms with Crippen molar-refractivity contribution in [2.24, 2.45) is 0 Å². The molecule has 1 aromatic heterocycles. The number of hydrogen-bond donors (Lipinski definition) is 1. The Morgan fingerprint density at radius 1 is 1.19 bits per heavy atom. The number of pyridine rings is 1. The first kappa shape index (κ1) is 14.6. The highest BCUT2D eigenvalue weighted by atomic mass is 79.9. The van der Waals surface area contributed by atoms with Gasteiger partial charge in [-0.05, 0) is 47.0 Å². The van der Waals surface area contributed by atoms with Gasteiger partial charge in [0.25, 0.3) is 0 Å². The summed E-state index contributed by atoms with van der Waals surface area (Å²) >= 11 is 3.48.